The van der Waals surface area contributed by atoms with E-state index in [0.29, 0.717) is 6.04 Å². The second-order valence-corrected chi connectivity index (χ2v) is 6.16. The smallest absolute Gasteiger partial charge is 0.124 e. The molecule has 1 fully saturated rings. The first-order valence-corrected chi connectivity index (χ1v) is 7.88. The molecular formula is C15H22BrFN2. The SMILES string of the molecule is CCCN(Cc1cc(F)cc(Br)c1)C1CCCNC1. The number of piperidine rings is 1. The lowest BCUT2D eigenvalue weighted by Crippen LogP contribution is -2.45. The zero-order chi connectivity index (χ0) is 13.7. The third-order valence-electron chi connectivity index (χ3n) is 3.61. The summed E-state index contributed by atoms with van der Waals surface area (Å²) < 4.78 is 14.3. The Morgan fingerprint density at radius 2 is 2.26 bits per heavy atom. The van der Waals surface area contributed by atoms with Crippen LogP contribution in [0.3, 0.4) is 0 Å². The molecule has 0 radical (unpaired) electrons. The van der Waals surface area contributed by atoms with Gasteiger partial charge in [0, 0.05) is 23.6 Å². The maximum absolute atomic E-state index is 13.4. The fourth-order valence-electron chi connectivity index (χ4n) is 2.76. The zero-order valence-corrected chi connectivity index (χ0v) is 13.0. The maximum Gasteiger partial charge on any atom is 0.124 e. The average Bonchev–Trinajstić information content (AvgIpc) is 2.38. The van der Waals surface area contributed by atoms with E-state index >= 15 is 0 Å². The van der Waals surface area contributed by atoms with Crippen molar-refractivity contribution in [3.8, 4) is 0 Å². The fraction of sp³-hybridized carbons (Fsp3) is 0.600. The summed E-state index contributed by atoms with van der Waals surface area (Å²) in [5.74, 6) is -0.164. The number of nitrogens with zero attached hydrogens (tertiary/aromatic N) is 1. The van der Waals surface area contributed by atoms with Crippen molar-refractivity contribution in [2.45, 2.75) is 38.8 Å². The molecule has 0 aliphatic carbocycles. The minimum Gasteiger partial charge on any atom is -0.315 e. The van der Waals surface area contributed by atoms with E-state index in [4.69, 9.17) is 0 Å². The highest BCUT2D eigenvalue weighted by molar-refractivity contribution is 9.10. The molecule has 1 aromatic carbocycles. The Hall–Kier alpha value is -0.450. The van der Waals surface area contributed by atoms with Gasteiger partial charge in [0.15, 0.2) is 0 Å². The van der Waals surface area contributed by atoms with Gasteiger partial charge < -0.3 is 5.32 Å². The largest absolute Gasteiger partial charge is 0.315 e. The van der Waals surface area contributed by atoms with Crippen molar-refractivity contribution in [3.05, 3.63) is 34.1 Å². The number of benzene rings is 1. The van der Waals surface area contributed by atoms with Crippen LogP contribution in [-0.4, -0.2) is 30.6 Å². The number of rotatable bonds is 5. The van der Waals surface area contributed by atoms with Crippen LogP contribution in [0.25, 0.3) is 0 Å². The van der Waals surface area contributed by atoms with Gasteiger partial charge in [-0.15, -0.1) is 0 Å². The van der Waals surface area contributed by atoms with Crippen LogP contribution in [0.2, 0.25) is 0 Å². The molecule has 1 N–H and O–H groups in total. The van der Waals surface area contributed by atoms with Gasteiger partial charge in [0.25, 0.3) is 0 Å². The molecule has 1 unspecified atom stereocenters. The van der Waals surface area contributed by atoms with Crippen LogP contribution in [0.4, 0.5) is 4.39 Å². The topological polar surface area (TPSA) is 15.3 Å². The monoisotopic (exact) mass is 328 g/mol. The molecule has 2 nitrogen and oxygen atoms in total. The lowest BCUT2D eigenvalue weighted by atomic mass is 10.0. The van der Waals surface area contributed by atoms with E-state index in [1.54, 1.807) is 6.07 Å². The van der Waals surface area contributed by atoms with Gasteiger partial charge in [-0.2, -0.15) is 0 Å². The van der Waals surface area contributed by atoms with Crippen molar-refractivity contribution < 1.29 is 4.39 Å². The highest BCUT2D eigenvalue weighted by Gasteiger charge is 2.20. The summed E-state index contributed by atoms with van der Waals surface area (Å²) in [5.41, 5.74) is 1.05. The van der Waals surface area contributed by atoms with Crippen molar-refractivity contribution in [2.75, 3.05) is 19.6 Å². The number of halogens is 2. The molecule has 0 spiro atoms. The first-order chi connectivity index (χ1) is 9.19. The Bertz CT molecular complexity index is 385. The van der Waals surface area contributed by atoms with Crippen LogP contribution in [0.5, 0.6) is 0 Å². The highest BCUT2D eigenvalue weighted by Crippen LogP contribution is 2.19. The quantitative estimate of drug-likeness (QED) is 0.889. The minimum absolute atomic E-state index is 0.164. The zero-order valence-electron chi connectivity index (χ0n) is 11.5. The average molecular weight is 329 g/mol. The lowest BCUT2D eigenvalue weighted by Gasteiger charge is -2.34. The van der Waals surface area contributed by atoms with Gasteiger partial charge in [-0.25, -0.2) is 4.39 Å². The molecule has 1 heterocycles. The number of hydrogen-bond acceptors (Lipinski definition) is 2. The Morgan fingerprint density at radius 3 is 2.89 bits per heavy atom. The first kappa shape index (κ1) is 14.9. The van der Waals surface area contributed by atoms with Crippen molar-refractivity contribution in [2.24, 2.45) is 0 Å². The van der Waals surface area contributed by atoms with E-state index in [1.165, 1.54) is 18.9 Å². The first-order valence-electron chi connectivity index (χ1n) is 7.08. The van der Waals surface area contributed by atoms with Crippen LogP contribution in [0.1, 0.15) is 31.7 Å². The van der Waals surface area contributed by atoms with Crippen LogP contribution >= 0.6 is 15.9 Å². The molecule has 1 aliphatic rings. The number of hydrogen-bond donors (Lipinski definition) is 1. The van der Waals surface area contributed by atoms with Gasteiger partial charge in [-0.05, 0) is 56.1 Å². The Morgan fingerprint density at radius 1 is 1.42 bits per heavy atom. The Kier molecular flexibility index (Phi) is 5.79. The molecule has 1 aliphatic heterocycles. The summed E-state index contributed by atoms with van der Waals surface area (Å²) in [6.45, 7) is 6.28. The van der Waals surface area contributed by atoms with Crippen molar-refractivity contribution in [3.63, 3.8) is 0 Å². The lowest BCUT2D eigenvalue weighted by molar-refractivity contribution is 0.158. The summed E-state index contributed by atoms with van der Waals surface area (Å²) in [5, 5.41) is 3.46. The molecule has 0 saturated carbocycles. The van der Waals surface area contributed by atoms with Crippen LogP contribution in [0.15, 0.2) is 22.7 Å². The predicted octanol–water partition coefficient (Wildman–Crippen LogP) is 3.55. The summed E-state index contributed by atoms with van der Waals surface area (Å²) in [7, 11) is 0. The molecule has 0 bridgehead atoms. The molecule has 106 valence electrons. The molecule has 1 atom stereocenters. The van der Waals surface area contributed by atoms with Gasteiger partial charge in [-0.3, -0.25) is 4.90 Å². The van der Waals surface area contributed by atoms with Crippen molar-refractivity contribution >= 4 is 15.9 Å². The highest BCUT2D eigenvalue weighted by atomic mass is 79.9. The van der Waals surface area contributed by atoms with Crippen molar-refractivity contribution in [1.82, 2.24) is 10.2 Å². The minimum atomic E-state index is -0.164. The summed E-state index contributed by atoms with van der Waals surface area (Å²) >= 11 is 3.37. The predicted molar refractivity (Wildman–Crippen MR) is 80.7 cm³/mol. The van der Waals surface area contributed by atoms with Crippen molar-refractivity contribution in [1.29, 1.82) is 0 Å². The van der Waals surface area contributed by atoms with Gasteiger partial charge >= 0.3 is 0 Å². The van der Waals surface area contributed by atoms with Gasteiger partial charge in [0.2, 0.25) is 0 Å². The van der Waals surface area contributed by atoms with E-state index in [9.17, 15) is 4.39 Å². The molecule has 4 heteroatoms. The van der Waals surface area contributed by atoms with E-state index in [1.807, 2.05) is 6.07 Å². The van der Waals surface area contributed by atoms with E-state index < -0.39 is 0 Å². The molecule has 19 heavy (non-hydrogen) atoms. The standard InChI is InChI=1S/C15H22BrFN2/c1-2-6-19(15-4-3-5-18-10-15)11-12-7-13(16)9-14(17)8-12/h7-9,15,18H,2-6,10-11H2,1H3. The van der Waals surface area contributed by atoms with E-state index in [0.717, 1.165) is 42.6 Å². The summed E-state index contributed by atoms with van der Waals surface area (Å²) in [6, 6.07) is 5.75. The van der Waals surface area contributed by atoms with Gasteiger partial charge in [-0.1, -0.05) is 22.9 Å². The van der Waals surface area contributed by atoms with Gasteiger partial charge in [0.1, 0.15) is 5.82 Å². The van der Waals surface area contributed by atoms with Crippen LogP contribution in [-0.2, 0) is 6.54 Å². The second kappa shape index (κ2) is 7.36. The van der Waals surface area contributed by atoms with E-state index in [-0.39, 0.29) is 5.82 Å². The summed E-state index contributed by atoms with van der Waals surface area (Å²) in [4.78, 5) is 2.48. The maximum atomic E-state index is 13.4. The third kappa shape index (κ3) is 4.55. The Labute approximate surface area is 123 Å². The molecule has 0 aromatic heterocycles. The van der Waals surface area contributed by atoms with Crippen LogP contribution in [0, 0.1) is 5.82 Å². The molecule has 1 saturated heterocycles. The van der Waals surface area contributed by atoms with Gasteiger partial charge in [0.05, 0.1) is 0 Å². The molecular weight excluding hydrogens is 307 g/mol. The van der Waals surface area contributed by atoms with E-state index in [2.05, 4.69) is 33.1 Å². The second-order valence-electron chi connectivity index (χ2n) is 5.25. The normalized spacial score (nSPS) is 19.9. The molecule has 1 aromatic rings. The molecule has 2 rings (SSSR count). The number of nitrogens with one attached hydrogen (secondary N) is 1. The fourth-order valence-corrected chi connectivity index (χ4v) is 3.27. The summed E-state index contributed by atoms with van der Waals surface area (Å²) in [6.07, 6.45) is 3.61. The molecule has 0 amide bonds. The van der Waals surface area contributed by atoms with Crippen LogP contribution < -0.4 is 5.32 Å². The Balaban J connectivity index is 2.06. The third-order valence-corrected chi connectivity index (χ3v) is 4.06.